The number of benzene rings is 1. The van der Waals surface area contributed by atoms with Crippen molar-refractivity contribution < 1.29 is 19.1 Å². The van der Waals surface area contributed by atoms with Crippen LogP contribution in [0.3, 0.4) is 0 Å². The van der Waals surface area contributed by atoms with Crippen LogP contribution in [0.2, 0.25) is 0 Å². The molecule has 0 aliphatic carbocycles. The van der Waals surface area contributed by atoms with Gasteiger partial charge in [-0.15, -0.1) is 0 Å². The summed E-state index contributed by atoms with van der Waals surface area (Å²) in [6.07, 6.45) is 2.64. The zero-order valence-electron chi connectivity index (χ0n) is 15.4. The first-order valence-electron chi connectivity index (χ1n) is 8.88. The van der Waals surface area contributed by atoms with Crippen LogP contribution in [0.4, 0.5) is 0 Å². The van der Waals surface area contributed by atoms with Gasteiger partial charge in [0.1, 0.15) is 5.58 Å². The lowest BCUT2D eigenvalue weighted by atomic mass is 9.95. The molecule has 0 spiro atoms. The van der Waals surface area contributed by atoms with Crippen molar-refractivity contribution in [3.63, 3.8) is 0 Å². The zero-order valence-corrected chi connectivity index (χ0v) is 15.4. The molecular formula is C20H27NO4. The van der Waals surface area contributed by atoms with Crippen LogP contribution in [0.15, 0.2) is 22.8 Å². The van der Waals surface area contributed by atoms with E-state index in [9.17, 15) is 9.90 Å². The number of nitrogens with zero attached hydrogens (tertiary/aromatic N) is 1. The van der Waals surface area contributed by atoms with E-state index < -0.39 is 0 Å². The van der Waals surface area contributed by atoms with Crippen molar-refractivity contribution in [2.45, 2.75) is 51.7 Å². The van der Waals surface area contributed by atoms with E-state index in [0.29, 0.717) is 18.9 Å². The van der Waals surface area contributed by atoms with E-state index in [1.807, 2.05) is 6.07 Å². The van der Waals surface area contributed by atoms with Crippen molar-refractivity contribution in [3.8, 4) is 0 Å². The molecule has 2 heterocycles. The number of hydrogen-bond acceptors (Lipinski definition) is 4. The van der Waals surface area contributed by atoms with E-state index in [0.717, 1.165) is 16.5 Å². The van der Waals surface area contributed by atoms with Crippen LogP contribution in [-0.2, 0) is 16.0 Å². The highest BCUT2D eigenvalue weighted by Crippen LogP contribution is 2.30. The Kier molecular flexibility index (Phi) is 5.16. The zero-order chi connectivity index (χ0) is 18.1. The Morgan fingerprint density at radius 2 is 2.20 bits per heavy atom. The highest BCUT2D eigenvalue weighted by Gasteiger charge is 2.35. The number of aryl methyl sites for hydroxylation is 1. The Bertz CT molecular complexity index is 764. The van der Waals surface area contributed by atoms with Gasteiger partial charge in [0, 0.05) is 24.6 Å². The molecule has 1 aromatic carbocycles. The van der Waals surface area contributed by atoms with Crippen LogP contribution in [0.25, 0.3) is 11.0 Å². The number of carbonyl (C=O) groups is 1. The van der Waals surface area contributed by atoms with Crippen LogP contribution in [0, 0.1) is 6.92 Å². The molecule has 1 aliphatic rings. The third kappa shape index (κ3) is 3.44. The summed E-state index contributed by atoms with van der Waals surface area (Å²) in [7, 11) is 1.65. The molecule has 25 heavy (non-hydrogen) atoms. The van der Waals surface area contributed by atoms with Crippen molar-refractivity contribution in [3.05, 3.63) is 35.1 Å². The van der Waals surface area contributed by atoms with E-state index >= 15 is 0 Å². The van der Waals surface area contributed by atoms with E-state index in [-0.39, 0.29) is 31.1 Å². The number of hydrogen-bond donors (Lipinski definition) is 1. The number of aliphatic hydroxyl groups excluding tert-OH is 1. The summed E-state index contributed by atoms with van der Waals surface area (Å²) in [5.41, 5.74) is 4.20. The lowest BCUT2D eigenvalue weighted by Crippen LogP contribution is -2.38. The fourth-order valence-corrected chi connectivity index (χ4v) is 3.79. The Morgan fingerprint density at radius 3 is 2.84 bits per heavy atom. The number of methoxy groups -OCH3 is 1. The fourth-order valence-electron chi connectivity index (χ4n) is 3.79. The standard InChI is InChI=1S/C20H27NO4/c1-12(2)17-8-18-14(11-25-19(18)5-13(17)3)6-20(23)21-9-16(24-4)7-15(21)10-22/h5,8,11-12,15-16,22H,6-7,9-10H2,1-4H3/t15-,16-/m0/s1. The molecule has 1 fully saturated rings. The van der Waals surface area contributed by atoms with Gasteiger partial charge in [-0.3, -0.25) is 4.79 Å². The third-order valence-corrected chi connectivity index (χ3v) is 5.25. The summed E-state index contributed by atoms with van der Waals surface area (Å²) < 4.78 is 11.0. The molecule has 1 amide bonds. The van der Waals surface area contributed by atoms with Gasteiger partial charge in [0.05, 0.1) is 31.4 Å². The quantitative estimate of drug-likeness (QED) is 0.905. The fraction of sp³-hybridized carbons (Fsp3) is 0.550. The maximum absolute atomic E-state index is 12.8. The van der Waals surface area contributed by atoms with Gasteiger partial charge >= 0.3 is 0 Å². The number of fused-ring (bicyclic) bond motifs is 1. The molecule has 2 aromatic rings. The first-order valence-corrected chi connectivity index (χ1v) is 8.88. The Morgan fingerprint density at radius 1 is 1.44 bits per heavy atom. The van der Waals surface area contributed by atoms with E-state index in [4.69, 9.17) is 9.15 Å². The monoisotopic (exact) mass is 345 g/mol. The number of furan rings is 1. The van der Waals surface area contributed by atoms with Gasteiger partial charge in [-0.1, -0.05) is 13.8 Å². The molecule has 0 unspecified atom stereocenters. The minimum Gasteiger partial charge on any atom is -0.464 e. The van der Waals surface area contributed by atoms with Gasteiger partial charge in [0.15, 0.2) is 0 Å². The second kappa shape index (κ2) is 7.18. The van der Waals surface area contributed by atoms with E-state index in [2.05, 4.69) is 26.8 Å². The molecule has 2 atom stereocenters. The molecule has 0 bridgehead atoms. The largest absolute Gasteiger partial charge is 0.464 e. The Balaban J connectivity index is 1.85. The van der Waals surface area contributed by atoms with Gasteiger partial charge in [0.25, 0.3) is 0 Å². The average Bonchev–Trinajstić information content (AvgIpc) is 3.17. The molecule has 3 rings (SSSR count). The lowest BCUT2D eigenvalue weighted by Gasteiger charge is -2.22. The second-order valence-corrected chi connectivity index (χ2v) is 7.27. The molecule has 1 N–H and O–H groups in total. The van der Waals surface area contributed by atoms with Gasteiger partial charge in [0.2, 0.25) is 5.91 Å². The van der Waals surface area contributed by atoms with Crippen LogP contribution in [0.5, 0.6) is 0 Å². The lowest BCUT2D eigenvalue weighted by molar-refractivity contribution is -0.132. The van der Waals surface area contributed by atoms with Gasteiger partial charge in [-0.05, 0) is 42.5 Å². The van der Waals surface area contributed by atoms with Crippen molar-refractivity contribution in [2.75, 3.05) is 20.3 Å². The molecular weight excluding hydrogens is 318 g/mol. The number of carbonyl (C=O) groups excluding carboxylic acids is 1. The molecule has 136 valence electrons. The van der Waals surface area contributed by atoms with Gasteiger partial charge in [-0.2, -0.15) is 0 Å². The predicted octanol–water partition coefficient (Wildman–Crippen LogP) is 3.02. The molecule has 0 radical (unpaired) electrons. The molecule has 1 aliphatic heterocycles. The van der Waals surface area contributed by atoms with Crippen molar-refractivity contribution in [2.24, 2.45) is 0 Å². The van der Waals surface area contributed by atoms with Crippen LogP contribution in [-0.4, -0.2) is 48.3 Å². The number of rotatable bonds is 5. The van der Waals surface area contributed by atoms with E-state index in [1.165, 1.54) is 11.1 Å². The number of aliphatic hydroxyl groups is 1. The first-order chi connectivity index (χ1) is 11.9. The molecule has 0 saturated carbocycles. The number of likely N-dealkylation sites (tertiary alicyclic amines) is 1. The van der Waals surface area contributed by atoms with Crippen LogP contribution >= 0.6 is 0 Å². The number of amides is 1. The van der Waals surface area contributed by atoms with E-state index in [1.54, 1.807) is 18.3 Å². The Labute approximate surface area is 148 Å². The summed E-state index contributed by atoms with van der Waals surface area (Å²) in [5.74, 6) is 0.427. The van der Waals surface area contributed by atoms with Crippen LogP contribution < -0.4 is 0 Å². The first kappa shape index (κ1) is 18.0. The molecule has 1 saturated heterocycles. The molecule has 1 aromatic heterocycles. The Hall–Kier alpha value is -1.85. The summed E-state index contributed by atoms with van der Waals surface area (Å²) in [6, 6.07) is 4.03. The summed E-state index contributed by atoms with van der Waals surface area (Å²) >= 11 is 0. The smallest absolute Gasteiger partial charge is 0.227 e. The van der Waals surface area contributed by atoms with Crippen LogP contribution in [0.1, 0.15) is 42.9 Å². The molecule has 5 nitrogen and oxygen atoms in total. The second-order valence-electron chi connectivity index (χ2n) is 7.27. The minimum absolute atomic E-state index is 0.00242. The average molecular weight is 345 g/mol. The number of ether oxygens (including phenoxy) is 1. The SMILES string of the molecule is CO[C@H]1C[C@@H](CO)N(C(=O)Cc2coc3cc(C)c(C(C)C)cc23)C1. The maximum atomic E-state index is 12.8. The topological polar surface area (TPSA) is 62.9 Å². The summed E-state index contributed by atoms with van der Waals surface area (Å²) in [6.45, 7) is 6.92. The van der Waals surface area contributed by atoms with Crippen molar-refractivity contribution in [1.82, 2.24) is 4.90 Å². The van der Waals surface area contributed by atoms with Crippen molar-refractivity contribution >= 4 is 16.9 Å². The summed E-state index contributed by atoms with van der Waals surface area (Å²) in [4.78, 5) is 14.5. The van der Waals surface area contributed by atoms with Gasteiger partial charge < -0.3 is 19.2 Å². The highest BCUT2D eigenvalue weighted by molar-refractivity contribution is 5.88. The predicted molar refractivity (Wildman–Crippen MR) is 96.7 cm³/mol. The van der Waals surface area contributed by atoms with Gasteiger partial charge in [-0.25, -0.2) is 0 Å². The third-order valence-electron chi connectivity index (χ3n) is 5.25. The maximum Gasteiger partial charge on any atom is 0.227 e. The minimum atomic E-state index is -0.163. The van der Waals surface area contributed by atoms with Crippen molar-refractivity contribution in [1.29, 1.82) is 0 Å². The molecule has 5 heteroatoms. The summed E-state index contributed by atoms with van der Waals surface area (Å²) in [5, 5.41) is 10.6. The normalized spacial score (nSPS) is 20.8. The highest BCUT2D eigenvalue weighted by atomic mass is 16.5.